The lowest BCUT2D eigenvalue weighted by Crippen LogP contribution is -2.35. The Morgan fingerprint density at radius 2 is 2.00 bits per heavy atom. The molecule has 0 radical (unpaired) electrons. The maximum absolute atomic E-state index is 12.7. The van der Waals surface area contributed by atoms with E-state index in [2.05, 4.69) is 4.79 Å². The molecule has 1 fully saturated rings. The Morgan fingerprint density at radius 1 is 1.19 bits per heavy atom. The topological polar surface area (TPSA) is 107 Å². The van der Waals surface area contributed by atoms with E-state index in [0.29, 0.717) is 19.8 Å². The van der Waals surface area contributed by atoms with Crippen LogP contribution in [0.3, 0.4) is 0 Å². The van der Waals surface area contributed by atoms with Crippen molar-refractivity contribution in [3.8, 4) is 0 Å². The molecule has 0 amide bonds. The van der Waals surface area contributed by atoms with Crippen molar-refractivity contribution in [2.75, 3.05) is 19.8 Å². The van der Waals surface area contributed by atoms with Gasteiger partial charge in [0.1, 0.15) is 0 Å². The smallest absolute Gasteiger partial charge is 0.441 e. The van der Waals surface area contributed by atoms with Crippen LogP contribution in [-0.4, -0.2) is 54.5 Å². The number of Topliss-reactive ketones (excluding diaryl/α,β-unsaturated/α-hetero) is 1. The Morgan fingerprint density at radius 3 is 2.69 bits per heavy atom. The van der Waals surface area contributed by atoms with E-state index in [4.69, 9.17) is 24.5 Å². The molecule has 4 unspecified atom stereocenters. The molecule has 1 heterocycles. The maximum Gasteiger partial charge on any atom is 0.441 e. The predicted molar refractivity (Wildman–Crippen MR) is 116 cm³/mol. The van der Waals surface area contributed by atoms with Gasteiger partial charge >= 0.3 is 11.7 Å². The van der Waals surface area contributed by atoms with Crippen molar-refractivity contribution in [2.45, 2.75) is 51.6 Å². The van der Waals surface area contributed by atoms with Gasteiger partial charge in [-0.25, -0.2) is 4.79 Å². The number of hydrogen-bond donors (Lipinski definition) is 0. The number of esters is 1. The number of carbonyl (C=O) groups is 2. The number of rotatable bonds is 11. The third kappa shape index (κ3) is 6.68. The van der Waals surface area contributed by atoms with Gasteiger partial charge in [-0.1, -0.05) is 42.5 Å². The SMILES string of the molecule is CCOC(=O)C(=[N+]=[N-])C(=O)CC1C=CC(OC2CCCCO2)C1COCc1ccccc1. The minimum absolute atomic E-state index is 0.0144. The molecule has 1 aromatic carbocycles. The number of benzene rings is 1. The van der Waals surface area contributed by atoms with Crippen LogP contribution in [0.1, 0.15) is 38.2 Å². The van der Waals surface area contributed by atoms with E-state index >= 15 is 0 Å². The summed E-state index contributed by atoms with van der Waals surface area (Å²) >= 11 is 0. The number of ether oxygens (including phenoxy) is 4. The summed E-state index contributed by atoms with van der Waals surface area (Å²) < 4.78 is 22.7. The average molecular weight is 443 g/mol. The molecule has 1 saturated heterocycles. The zero-order valence-corrected chi connectivity index (χ0v) is 18.4. The van der Waals surface area contributed by atoms with E-state index in [0.717, 1.165) is 24.8 Å². The van der Waals surface area contributed by atoms with Gasteiger partial charge in [0, 0.05) is 18.9 Å². The lowest BCUT2D eigenvalue weighted by atomic mass is 9.89. The number of ketones is 1. The number of carbonyl (C=O) groups excluding carboxylic acids is 2. The summed E-state index contributed by atoms with van der Waals surface area (Å²) in [6.45, 7) is 3.18. The molecule has 32 heavy (non-hydrogen) atoms. The summed E-state index contributed by atoms with van der Waals surface area (Å²) in [5, 5.41) is 0. The highest BCUT2D eigenvalue weighted by Gasteiger charge is 2.39. The molecule has 1 aliphatic heterocycles. The largest absolute Gasteiger partial charge is 0.457 e. The van der Waals surface area contributed by atoms with Crippen LogP contribution in [0.2, 0.25) is 0 Å². The predicted octanol–water partition coefficient (Wildman–Crippen LogP) is 3.11. The monoisotopic (exact) mass is 442 g/mol. The van der Waals surface area contributed by atoms with E-state index in [-0.39, 0.29) is 37.3 Å². The van der Waals surface area contributed by atoms with Crippen LogP contribution in [0.4, 0.5) is 0 Å². The maximum atomic E-state index is 12.7. The van der Waals surface area contributed by atoms with Gasteiger partial charge in [0.25, 0.3) is 5.78 Å². The third-order valence-electron chi connectivity index (χ3n) is 5.64. The fraction of sp³-hybridized carbons (Fsp3) is 0.542. The standard InChI is InChI=1S/C24H30N2O6/c1-2-30-24(28)23(26-25)20(27)14-18-11-12-21(32-22-10-6-7-13-31-22)19(18)16-29-15-17-8-4-3-5-9-17/h3-5,8-9,11-12,18-19,21-22H,2,6-7,10,13-16H2,1H3. The second kappa shape index (κ2) is 12.4. The molecule has 2 aliphatic rings. The highest BCUT2D eigenvalue weighted by atomic mass is 16.7. The first kappa shape index (κ1) is 24.0. The summed E-state index contributed by atoms with van der Waals surface area (Å²) in [5.74, 6) is -1.89. The molecule has 0 spiro atoms. The summed E-state index contributed by atoms with van der Waals surface area (Å²) in [5.41, 5.74) is 9.61. The Labute approximate surface area is 188 Å². The van der Waals surface area contributed by atoms with Gasteiger partial charge in [-0.15, -0.1) is 0 Å². The Bertz CT molecular complexity index is 843. The molecule has 1 aliphatic carbocycles. The minimum Gasteiger partial charge on any atom is -0.457 e. The molecule has 8 nitrogen and oxygen atoms in total. The van der Waals surface area contributed by atoms with Gasteiger partial charge in [0.05, 0.1) is 25.9 Å². The molecular formula is C24H30N2O6. The van der Waals surface area contributed by atoms with E-state index in [9.17, 15) is 9.59 Å². The highest BCUT2D eigenvalue weighted by molar-refractivity contribution is 6.62. The average Bonchev–Trinajstić information content (AvgIpc) is 3.17. The lowest BCUT2D eigenvalue weighted by molar-refractivity contribution is -0.191. The highest BCUT2D eigenvalue weighted by Crippen LogP contribution is 2.33. The van der Waals surface area contributed by atoms with Gasteiger partial charge in [0.15, 0.2) is 6.29 Å². The fourth-order valence-corrected chi connectivity index (χ4v) is 3.97. The van der Waals surface area contributed by atoms with Crippen molar-refractivity contribution >= 4 is 17.5 Å². The first-order chi connectivity index (χ1) is 15.6. The van der Waals surface area contributed by atoms with Crippen LogP contribution in [0.5, 0.6) is 0 Å². The van der Waals surface area contributed by atoms with Crippen molar-refractivity contribution in [3.63, 3.8) is 0 Å². The molecule has 0 aromatic heterocycles. The van der Waals surface area contributed by atoms with Gasteiger partial charge in [-0.2, -0.15) is 4.79 Å². The molecule has 0 N–H and O–H groups in total. The van der Waals surface area contributed by atoms with Gasteiger partial charge in [-0.05, 0) is 37.7 Å². The van der Waals surface area contributed by atoms with Crippen molar-refractivity contribution in [3.05, 3.63) is 53.6 Å². The normalized spacial score (nSPS) is 24.7. The third-order valence-corrected chi connectivity index (χ3v) is 5.64. The molecule has 0 bridgehead atoms. The van der Waals surface area contributed by atoms with Crippen LogP contribution in [-0.2, 0) is 35.1 Å². The Balaban J connectivity index is 1.65. The van der Waals surface area contributed by atoms with Crippen LogP contribution < -0.4 is 0 Å². The fourth-order valence-electron chi connectivity index (χ4n) is 3.97. The van der Waals surface area contributed by atoms with Crippen LogP contribution in [0.25, 0.3) is 5.53 Å². The molecule has 1 aromatic rings. The van der Waals surface area contributed by atoms with Crippen LogP contribution in [0.15, 0.2) is 42.5 Å². The number of hydrogen-bond acceptors (Lipinski definition) is 6. The van der Waals surface area contributed by atoms with Crippen molar-refractivity contribution in [1.82, 2.24) is 0 Å². The zero-order chi connectivity index (χ0) is 22.8. The first-order valence-corrected chi connectivity index (χ1v) is 11.1. The summed E-state index contributed by atoms with van der Waals surface area (Å²) in [4.78, 5) is 27.4. The van der Waals surface area contributed by atoms with Crippen LogP contribution in [0, 0.1) is 11.8 Å². The van der Waals surface area contributed by atoms with E-state index in [1.807, 2.05) is 42.5 Å². The summed E-state index contributed by atoms with van der Waals surface area (Å²) in [6.07, 6.45) is 6.16. The van der Waals surface area contributed by atoms with E-state index < -0.39 is 17.5 Å². The van der Waals surface area contributed by atoms with Crippen molar-refractivity contribution in [1.29, 1.82) is 0 Å². The van der Waals surface area contributed by atoms with Gasteiger partial charge in [0.2, 0.25) is 0 Å². The Kier molecular flexibility index (Phi) is 9.31. The zero-order valence-electron chi connectivity index (χ0n) is 18.4. The van der Waals surface area contributed by atoms with E-state index in [1.165, 1.54) is 0 Å². The van der Waals surface area contributed by atoms with Crippen molar-refractivity contribution < 1.29 is 33.3 Å². The van der Waals surface area contributed by atoms with Gasteiger partial charge < -0.3 is 24.5 Å². The summed E-state index contributed by atoms with van der Waals surface area (Å²) in [7, 11) is 0. The van der Waals surface area contributed by atoms with Crippen molar-refractivity contribution in [2.24, 2.45) is 11.8 Å². The molecule has 3 rings (SSSR count). The van der Waals surface area contributed by atoms with Crippen LogP contribution >= 0.6 is 0 Å². The van der Waals surface area contributed by atoms with Gasteiger partial charge in [-0.3, -0.25) is 4.79 Å². The summed E-state index contributed by atoms with van der Waals surface area (Å²) in [6, 6.07) is 9.83. The molecule has 0 saturated carbocycles. The number of allylic oxidation sites excluding steroid dienone is 1. The molecule has 4 atom stereocenters. The second-order valence-electron chi connectivity index (χ2n) is 7.91. The minimum atomic E-state index is -0.928. The van der Waals surface area contributed by atoms with E-state index in [1.54, 1.807) is 6.92 Å². The first-order valence-electron chi connectivity index (χ1n) is 11.1. The molecule has 172 valence electrons. The number of nitrogens with zero attached hydrogens (tertiary/aromatic N) is 2. The lowest BCUT2D eigenvalue weighted by Gasteiger charge is -2.30. The Hall–Kier alpha value is -2.64. The molecule has 8 heteroatoms. The quantitative estimate of drug-likeness (QED) is 0.130. The second-order valence-corrected chi connectivity index (χ2v) is 7.91. The molecular weight excluding hydrogens is 412 g/mol.